The molecule has 0 saturated carbocycles. The first-order valence-corrected chi connectivity index (χ1v) is 8.84. The smallest absolute Gasteiger partial charge is 0.162 e. The maximum atomic E-state index is 9.13. The van der Waals surface area contributed by atoms with E-state index in [1.807, 2.05) is 60.7 Å². The molecule has 3 N–H and O–H groups in total. The molecule has 0 spiro atoms. The lowest BCUT2D eigenvalue weighted by molar-refractivity contribution is -0.825. The highest BCUT2D eigenvalue weighted by Crippen LogP contribution is 2.28. The van der Waals surface area contributed by atoms with Gasteiger partial charge in [-0.25, -0.2) is 15.2 Å². The molecule has 0 bridgehead atoms. The Morgan fingerprint density at radius 3 is 2.30 bits per heavy atom. The molecule has 0 amide bonds. The van der Waals surface area contributed by atoms with E-state index in [2.05, 4.69) is 30.1 Å². The van der Waals surface area contributed by atoms with Crippen molar-refractivity contribution in [3.8, 4) is 11.4 Å². The second kappa shape index (κ2) is 7.53. The number of hydrogen-bond acceptors (Lipinski definition) is 4. The molecule has 0 saturated heterocycles. The van der Waals surface area contributed by atoms with Gasteiger partial charge >= 0.3 is 0 Å². The van der Waals surface area contributed by atoms with Crippen LogP contribution >= 0.6 is 0 Å². The lowest BCUT2D eigenvalue weighted by Crippen LogP contribution is -2.73. The predicted molar refractivity (Wildman–Crippen MR) is 107 cm³/mol. The van der Waals surface area contributed by atoms with Crippen LogP contribution in [-0.4, -0.2) is 22.2 Å². The lowest BCUT2D eigenvalue weighted by atomic mass is 10.1. The third-order valence-electron chi connectivity index (χ3n) is 4.53. The summed E-state index contributed by atoms with van der Waals surface area (Å²) in [5.41, 5.74) is 4.90. The van der Waals surface area contributed by atoms with E-state index < -0.39 is 0 Å². The Morgan fingerprint density at radius 1 is 0.852 bits per heavy atom. The van der Waals surface area contributed by atoms with Crippen LogP contribution in [0.25, 0.3) is 22.3 Å². The zero-order chi connectivity index (χ0) is 18.6. The molecule has 0 aliphatic rings. The van der Waals surface area contributed by atoms with Gasteiger partial charge < -0.3 is 4.90 Å². The number of benzene rings is 3. The van der Waals surface area contributed by atoms with Crippen molar-refractivity contribution in [3.63, 3.8) is 0 Å². The van der Waals surface area contributed by atoms with Crippen LogP contribution in [0, 0.1) is 0 Å². The summed E-state index contributed by atoms with van der Waals surface area (Å²) < 4.78 is 0. The number of fused-ring (bicyclic) bond motifs is 1. The number of nitrogens with zero attached hydrogens (tertiary/aromatic N) is 3. The zero-order valence-electron chi connectivity index (χ0n) is 15.1. The molecular weight excluding hydrogens is 336 g/mol. The van der Waals surface area contributed by atoms with Crippen LogP contribution in [-0.2, 0) is 6.54 Å². The van der Waals surface area contributed by atoms with Crippen LogP contribution in [0.4, 0.5) is 11.5 Å². The number of hydrogen-bond donors (Lipinski definition) is 2. The van der Waals surface area contributed by atoms with Crippen molar-refractivity contribution >= 4 is 22.4 Å². The van der Waals surface area contributed by atoms with Gasteiger partial charge in [-0.3, -0.25) is 0 Å². The first-order valence-electron chi connectivity index (χ1n) is 8.84. The van der Waals surface area contributed by atoms with Gasteiger partial charge in [0.1, 0.15) is 5.82 Å². The maximum Gasteiger partial charge on any atom is 0.162 e. The van der Waals surface area contributed by atoms with Crippen LogP contribution in [0.1, 0.15) is 5.56 Å². The highest BCUT2D eigenvalue weighted by molar-refractivity contribution is 5.91. The minimum Gasteiger partial charge on any atom is -0.355 e. The molecule has 1 aromatic heterocycles. The van der Waals surface area contributed by atoms with E-state index in [-0.39, 0.29) is 0 Å². The number of quaternary nitrogens is 1. The molecule has 0 atom stereocenters. The topological polar surface area (TPSA) is 65.9 Å². The summed E-state index contributed by atoms with van der Waals surface area (Å²) in [6, 6.07) is 26.0. The second-order valence-corrected chi connectivity index (χ2v) is 6.48. The molecular formula is C22H21N4O+. The fourth-order valence-corrected chi connectivity index (χ4v) is 3.13. The van der Waals surface area contributed by atoms with Gasteiger partial charge in [-0.2, -0.15) is 5.48 Å². The van der Waals surface area contributed by atoms with Crippen molar-refractivity contribution in [1.82, 2.24) is 9.97 Å². The Morgan fingerprint density at radius 2 is 1.56 bits per heavy atom. The fraction of sp³-hybridized carbons (Fsp3) is 0.0909. The third kappa shape index (κ3) is 3.65. The fourth-order valence-electron chi connectivity index (χ4n) is 3.13. The molecule has 5 heteroatoms. The van der Waals surface area contributed by atoms with Crippen LogP contribution in [0.5, 0.6) is 0 Å². The monoisotopic (exact) mass is 357 g/mol. The molecule has 134 valence electrons. The Labute approximate surface area is 157 Å². The molecule has 0 aliphatic heterocycles. The van der Waals surface area contributed by atoms with Crippen molar-refractivity contribution in [1.29, 1.82) is 0 Å². The zero-order valence-corrected chi connectivity index (χ0v) is 15.1. The lowest BCUT2D eigenvalue weighted by Gasteiger charge is -2.21. The summed E-state index contributed by atoms with van der Waals surface area (Å²) >= 11 is 0. The van der Waals surface area contributed by atoms with Crippen LogP contribution in [0.15, 0.2) is 78.9 Å². The summed E-state index contributed by atoms with van der Waals surface area (Å²) in [5, 5.41) is 10.2. The van der Waals surface area contributed by atoms with E-state index in [1.165, 1.54) is 5.56 Å². The normalized spacial score (nSPS) is 10.9. The number of rotatable bonds is 5. The summed E-state index contributed by atoms with van der Waals surface area (Å²) in [4.78, 5) is 11.8. The molecule has 4 rings (SSSR count). The van der Waals surface area contributed by atoms with Gasteiger partial charge in [-0.15, -0.1) is 0 Å². The first-order chi connectivity index (χ1) is 13.2. The highest BCUT2D eigenvalue weighted by atomic mass is 16.5. The van der Waals surface area contributed by atoms with Crippen LogP contribution in [0.3, 0.4) is 0 Å². The molecule has 0 fully saturated rings. The van der Waals surface area contributed by atoms with Crippen LogP contribution < -0.4 is 10.4 Å². The van der Waals surface area contributed by atoms with E-state index in [9.17, 15) is 0 Å². The van der Waals surface area contributed by atoms with Gasteiger partial charge in [0.15, 0.2) is 11.5 Å². The van der Waals surface area contributed by atoms with Crippen molar-refractivity contribution in [3.05, 3.63) is 84.4 Å². The third-order valence-corrected chi connectivity index (χ3v) is 4.53. The van der Waals surface area contributed by atoms with Crippen molar-refractivity contribution < 1.29 is 10.7 Å². The average Bonchev–Trinajstić information content (AvgIpc) is 2.73. The predicted octanol–water partition coefficient (Wildman–Crippen LogP) is 3.52. The van der Waals surface area contributed by atoms with Gasteiger partial charge in [0.25, 0.3) is 0 Å². The van der Waals surface area contributed by atoms with E-state index in [0.717, 1.165) is 40.0 Å². The second-order valence-electron chi connectivity index (χ2n) is 6.48. The largest absolute Gasteiger partial charge is 0.355 e. The first kappa shape index (κ1) is 17.1. The number of anilines is 1. The van der Waals surface area contributed by atoms with Crippen LogP contribution in [0.2, 0.25) is 0 Å². The molecule has 4 aromatic rings. The maximum absolute atomic E-state index is 9.13. The Hall–Kier alpha value is -3.28. The minimum absolute atomic E-state index is 0.674. The van der Waals surface area contributed by atoms with Gasteiger partial charge in [-0.1, -0.05) is 42.5 Å². The highest BCUT2D eigenvalue weighted by Gasteiger charge is 2.13. The van der Waals surface area contributed by atoms with E-state index in [4.69, 9.17) is 15.2 Å². The summed E-state index contributed by atoms with van der Waals surface area (Å²) in [6.07, 6.45) is 0. The molecule has 0 radical (unpaired) electrons. The molecule has 3 aromatic carbocycles. The summed E-state index contributed by atoms with van der Waals surface area (Å²) in [7, 11) is 2.05. The quantitative estimate of drug-likeness (QED) is 0.424. The molecule has 5 nitrogen and oxygen atoms in total. The number of nitrogens with two attached hydrogens (primary N) is 1. The van der Waals surface area contributed by atoms with Crippen molar-refractivity contribution in [2.75, 3.05) is 11.9 Å². The molecule has 1 heterocycles. The average molecular weight is 357 g/mol. The number of para-hydroxylation sites is 1. The number of aromatic nitrogens is 2. The minimum atomic E-state index is 0.674. The Bertz CT molecular complexity index is 1050. The Balaban J connectivity index is 1.78. The van der Waals surface area contributed by atoms with E-state index >= 15 is 0 Å². The van der Waals surface area contributed by atoms with Gasteiger partial charge in [0, 0.05) is 36.7 Å². The van der Waals surface area contributed by atoms with Gasteiger partial charge in [0.2, 0.25) is 0 Å². The Kier molecular flexibility index (Phi) is 4.78. The standard InChI is InChI=1S/C22H20N4O/c1-26(15-16-7-3-2-4-8-16)22-19-9-5-6-10-20(19)23-21(24-22)17-11-13-18(25-27)14-12-17/h2-14,25,27H,15H2,1H3/p+1. The molecule has 27 heavy (non-hydrogen) atoms. The SMILES string of the molecule is CN(Cc1ccccc1)c1nc(-c2ccc([NH2+]O)cc2)nc2ccccc12. The van der Waals surface area contributed by atoms with Gasteiger partial charge in [-0.05, 0) is 29.8 Å². The van der Waals surface area contributed by atoms with E-state index in [1.54, 1.807) is 0 Å². The summed E-state index contributed by atoms with van der Waals surface area (Å²) in [5.74, 6) is 1.57. The van der Waals surface area contributed by atoms with Crippen molar-refractivity contribution in [2.45, 2.75) is 6.54 Å². The molecule has 0 aliphatic carbocycles. The van der Waals surface area contributed by atoms with E-state index in [0.29, 0.717) is 5.82 Å². The summed E-state index contributed by atoms with van der Waals surface area (Å²) in [6.45, 7) is 0.764. The van der Waals surface area contributed by atoms with Crippen molar-refractivity contribution in [2.24, 2.45) is 0 Å². The van der Waals surface area contributed by atoms with Gasteiger partial charge in [0.05, 0.1) is 5.52 Å². The molecule has 0 unspecified atom stereocenters.